The van der Waals surface area contributed by atoms with E-state index in [-0.39, 0.29) is 5.82 Å². The van der Waals surface area contributed by atoms with E-state index in [1.807, 2.05) is 10.8 Å². The summed E-state index contributed by atoms with van der Waals surface area (Å²) in [4.78, 5) is 4.06. The van der Waals surface area contributed by atoms with Gasteiger partial charge in [-0.15, -0.1) is 0 Å². The molecular formula is C11H10ClFN2S. The van der Waals surface area contributed by atoms with E-state index in [9.17, 15) is 4.39 Å². The van der Waals surface area contributed by atoms with Crippen molar-refractivity contribution in [3.8, 4) is 5.69 Å². The Morgan fingerprint density at radius 1 is 1.38 bits per heavy atom. The van der Waals surface area contributed by atoms with E-state index in [1.165, 1.54) is 12.1 Å². The third-order valence-electron chi connectivity index (χ3n) is 2.20. The van der Waals surface area contributed by atoms with Gasteiger partial charge in [-0.1, -0.05) is 11.6 Å². The Hall–Kier alpha value is -1.00. The molecule has 84 valence electrons. The fourth-order valence-electron chi connectivity index (χ4n) is 1.44. The van der Waals surface area contributed by atoms with Crippen LogP contribution in [0.1, 0.15) is 5.69 Å². The Balaban J connectivity index is 2.43. The van der Waals surface area contributed by atoms with Crippen LogP contribution in [0.25, 0.3) is 5.69 Å². The molecule has 5 heteroatoms. The normalized spacial score (nSPS) is 10.7. The predicted octanol–water partition coefficient (Wildman–Crippen LogP) is 3.53. The number of imidazole rings is 1. The maximum Gasteiger partial charge on any atom is 0.151 e. The molecule has 0 aliphatic carbocycles. The first kappa shape index (κ1) is 11.5. The number of aromatic nitrogens is 2. The lowest BCUT2D eigenvalue weighted by Crippen LogP contribution is -1.97. The van der Waals surface area contributed by atoms with Gasteiger partial charge in [0, 0.05) is 11.4 Å². The van der Waals surface area contributed by atoms with Crippen LogP contribution in [0, 0.1) is 5.82 Å². The SMILES string of the molecule is CSCc1c(Cl)ncn1-c1ccc(F)cc1. The monoisotopic (exact) mass is 256 g/mol. The van der Waals surface area contributed by atoms with Crippen LogP contribution in [0.15, 0.2) is 30.6 Å². The van der Waals surface area contributed by atoms with Crippen molar-refractivity contribution in [2.24, 2.45) is 0 Å². The highest BCUT2D eigenvalue weighted by molar-refractivity contribution is 7.97. The fourth-order valence-corrected chi connectivity index (χ4v) is 2.27. The van der Waals surface area contributed by atoms with Crippen molar-refractivity contribution < 1.29 is 4.39 Å². The van der Waals surface area contributed by atoms with Crippen LogP contribution < -0.4 is 0 Å². The number of benzene rings is 1. The average molecular weight is 257 g/mol. The molecule has 0 N–H and O–H groups in total. The predicted molar refractivity (Wildman–Crippen MR) is 65.8 cm³/mol. The van der Waals surface area contributed by atoms with Crippen LogP contribution in [-0.2, 0) is 5.75 Å². The molecule has 0 fully saturated rings. The van der Waals surface area contributed by atoms with Gasteiger partial charge in [0.25, 0.3) is 0 Å². The fraction of sp³-hybridized carbons (Fsp3) is 0.182. The molecule has 0 unspecified atom stereocenters. The molecular weight excluding hydrogens is 247 g/mol. The number of halogens is 2. The summed E-state index contributed by atoms with van der Waals surface area (Å²) in [5.74, 6) is 0.525. The summed E-state index contributed by atoms with van der Waals surface area (Å²) >= 11 is 7.65. The summed E-state index contributed by atoms with van der Waals surface area (Å²) in [5.41, 5.74) is 1.80. The zero-order chi connectivity index (χ0) is 11.5. The van der Waals surface area contributed by atoms with Gasteiger partial charge in [0.2, 0.25) is 0 Å². The molecule has 16 heavy (non-hydrogen) atoms. The minimum Gasteiger partial charge on any atom is -0.301 e. The maximum absolute atomic E-state index is 12.8. The largest absolute Gasteiger partial charge is 0.301 e. The minimum absolute atomic E-state index is 0.249. The number of hydrogen-bond donors (Lipinski definition) is 0. The second-order valence-corrected chi connectivity index (χ2v) is 4.49. The van der Waals surface area contributed by atoms with Crippen LogP contribution in [0.2, 0.25) is 5.15 Å². The van der Waals surface area contributed by atoms with Gasteiger partial charge < -0.3 is 4.57 Å². The number of hydrogen-bond acceptors (Lipinski definition) is 2. The molecule has 1 heterocycles. The second-order valence-electron chi connectivity index (χ2n) is 3.26. The Labute approximate surface area is 102 Å². The van der Waals surface area contributed by atoms with Crippen molar-refractivity contribution in [1.29, 1.82) is 0 Å². The zero-order valence-electron chi connectivity index (χ0n) is 8.65. The van der Waals surface area contributed by atoms with Crippen molar-refractivity contribution in [1.82, 2.24) is 9.55 Å². The van der Waals surface area contributed by atoms with Gasteiger partial charge in [0.1, 0.15) is 12.1 Å². The number of rotatable bonds is 3. The Morgan fingerprint density at radius 2 is 2.06 bits per heavy atom. The average Bonchev–Trinajstić information content (AvgIpc) is 2.63. The van der Waals surface area contributed by atoms with Gasteiger partial charge in [-0.05, 0) is 30.5 Å². The van der Waals surface area contributed by atoms with Crippen molar-refractivity contribution in [2.75, 3.05) is 6.26 Å². The van der Waals surface area contributed by atoms with E-state index < -0.39 is 0 Å². The molecule has 0 bridgehead atoms. The molecule has 2 nitrogen and oxygen atoms in total. The van der Waals surface area contributed by atoms with Crippen molar-refractivity contribution >= 4 is 23.4 Å². The van der Waals surface area contributed by atoms with E-state index in [1.54, 1.807) is 30.2 Å². The van der Waals surface area contributed by atoms with Gasteiger partial charge in [-0.3, -0.25) is 0 Å². The third kappa shape index (κ3) is 2.23. The number of nitrogens with zero attached hydrogens (tertiary/aromatic N) is 2. The van der Waals surface area contributed by atoms with E-state index in [4.69, 9.17) is 11.6 Å². The molecule has 0 aliphatic rings. The van der Waals surface area contributed by atoms with Crippen molar-refractivity contribution in [3.05, 3.63) is 47.3 Å². The third-order valence-corrected chi connectivity index (χ3v) is 3.08. The standard InChI is InChI=1S/C11H10ClFN2S/c1-16-6-10-11(12)14-7-15(10)9-4-2-8(13)3-5-9/h2-5,7H,6H2,1H3. The molecule has 0 amide bonds. The second kappa shape index (κ2) is 4.89. The lowest BCUT2D eigenvalue weighted by molar-refractivity contribution is 0.627. The minimum atomic E-state index is -0.249. The summed E-state index contributed by atoms with van der Waals surface area (Å²) in [5, 5.41) is 0.499. The molecule has 2 rings (SSSR count). The molecule has 0 saturated carbocycles. The van der Waals surface area contributed by atoms with Crippen LogP contribution in [0.3, 0.4) is 0 Å². The molecule has 0 spiro atoms. The zero-order valence-corrected chi connectivity index (χ0v) is 10.2. The summed E-state index contributed by atoms with van der Waals surface area (Å²) in [6.07, 6.45) is 3.65. The van der Waals surface area contributed by atoms with Crippen LogP contribution in [0.4, 0.5) is 4.39 Å². The highest BCUT2D eigenvalue weighted by atomic mass is 35.5. The summed E-state index contributed by atoms with van der Waals surface area (Å²) in [7, 11) is 0. The van der Waals surface area contributed by atoms with Crippen LogP contribution >= 0.6 is 23.4 Å². The Morgan fingerprint density at radius 3 is 2.69 bits per heavy atom. The summed E-state index contributed by atoms with van der Waals surface area (Å²) in [6.45, 7) is 0. The lowest BCUT2D eigenvalue weighted by atomic mass is 10.3. The Kier molecular flexibility index (Phi) is 3.51. The van der Waals surface area contributed by atoms with E-state index in [2.05, 4.69) is 4.98 Å². The molecule has 2 aromatic rings. The van der Waals surface area contributed by atoms with E-state index in [0.717, 1.165) is 17.1 Å². The summed E-state index contributed by atoms with van der Waals surface area (Å²) in [6, 6.07) is 6.26. The van der Waals surface area contributed by atoms with Crippen LogP contribution in [-0.4, -0.2) is 15.8 Å². The molecule has 0 atom stereocenters. The molecule has 1 aromatic heterocycles. The molecule has 0 saturated heterocycles. The molecule has 1 aromatic carbocycles. The highest BCUT2D eigenvalue weighted by Crippen LogP contribution is 2.22. The molecule has 0 radical (unpaired) electrons. The van der Waals surface area contributed by atoms with Crippen molar-refractivity contribution in [2.45, 2.75) is 5.75 Å². The van der Waals surface area contributed by atoms with Gasteiger partial charge in [0.05, 0.1) is 5.69 Å². The van der Waals surface area contributed by atoms with Gasteiger partial charge >= 0.3 is 0 Å². The lowest BCUT2D eigenvalue weighted by Gasteiger charge is -2.07. The smallest absolute Gasteiger partial charge is 0.151 e. The highest BCUT2D eigenvalue weighted by Gasteiger charge is 2.09. The quantitative estimate of drug-likeness (QED) is 0.836. The van der Waals surface area contributed by atoms with Gasteiger partial charge in [-0.25, -0.2) is 9.37 Å². The van der Waals surface area contributed by atoms with Crippen LogP contribution in [0.5, 0.6) is 0 Å². The van der Waals surface area contributed by atoms with Gasteiger partial charge in [0.15, 0.2) is 5.15 Å². The van der Waals surface area contributed by atoms with E-state index >= 15 is 0 Å². The maximum atomic E-state index is 12.8. The topological polar surface area (TPSA) is 17.8 Å². The molecule has 0 aliphatic heterocycles. The van der Waals surface area contributed by atoms with Crippen molar-refractivity contribution in [3.63, 3.8) is 0 Å². The number of thioether (sulfide) groups is 1. The Bertz CT molecular complexity index is 481. The summed E-state index contributed by atoms with van der Waals surface area (Å²) < 4.78 is 14.7. The first-order valence-electron chi connectivity index (χ1n) is 4.69. The first-order valence-corrected chi connectivity index (χ1v) is 6.46. The first-order chi connectivity index (χ1) is 7.72. The van der Waals surface area contributed by atoms with E-state index in [0.29, 0.717) is 5.15 Å². The van der Waals surface area contributed by atoms with Gasteiger partial charge in [-0.2, -0.15) is 11.8 Å².